The van der Waals surface area contributed by atoms with Crippen molar-refractivity contribution in [3.8, 4) is 0 Å². The van der Waals surface area contributed by atoms with E-state index in [1.807, 2.05) is 6.07 Å². The maximum Gasteiger partial charge on any atom is 0.141 e. The van der Waals surface area contributed by atoms with Crippen LogP contribution in [-0.4, -0.2) is 36.3 Å². The lowest BCUT2D eigenvalue weighted by atomic mass is 10.1. The first-order valence-electron chi connectivity index (χ1n) is 8.31. The van der Waals surface area contributed by atoms with Crippen LogP contribution in [0.4, 0.5) is 17.2 Å². The van der Waals surface area contributed by atoms with E-state index in [1.165, 1.54) is 14.8 Å². The lowest BCUT2D eigenvalue weighted by Crippen LogP contribution is -2.36. The van der Waals surface area contributed by atoms with Gasteiger partial charge in [0.05, 0.1) is 18.7 Å². The van der Waals surface area contributed by atoms with Crippen LogP contribution in [-0.2, 0) is 4.74 Å². The summed E-state index contributed by atoms with van der Waals surface area (Å²) in [5, 5.41) is 4.51. The van der Waals surface area contributed by atoms with Crippen LogP contribution in [0, 0.1) is 10.5 Å². The van der Waals surface area contributed by atoms with Crippen LogP contribution in [0.5, 0.6) is 0 Å². The van der Waals surface area contributed by atoms with Crippen molar-refractivity contribution < 1.29 is 4.74 Å². The van der Waals surface area contributed by atoms with Crippen molar-refractivity contribution in [1.29, 1.82) is 0 Å². The van der Waals surface area contributed by atoms with Gasteiger partial charge in [-0.05, 0) is 71.5 Å². The molecule has 1 aliphatic rings. The summed E-state index contributed by atoms with van der Waals surface area (Å²) in [4.78, 5) is 11.2. The zero-order valence-corrected chi connectivity index (χ0v) is 16.2. The largest absolute Gasteiger partial charge is 0.378 e. The van der Waals surface area contributed by atoms with Gasteiger partial charge in [0.2, 0.25) is 0 Å². The van der Waals surface area contributed by atoms with Crippen LogP contribution in [0.25, 0.3) is 10.9 Å². The first-order valence-corrected chi connectivity index (χ1v) is 9.39. The Morgan fingerprint density at radius 2 is 1.92 bits per heavy atom. The first kappa shape index (κ1) is 16.5. The van der Waals surface area contributed by atoms with Crippen molar-refractivity contribution in [2.24, 2.45) is 0 Å². The summed E-state index contributed by atoms with van der Waals surface area (Å²) in [6.07, 6.45) is 1.61. The van der Waals surface area contributed by atoms with Gasteiger partial charge >= 0.3 is 0 Å². The van der Waals surface area contributed by atoms with E-state index in [2.05, 4.69) is 80.0 Å². The van der Waals surface area contributed by atoms with Gasteiger partial charge in [-0.25, -0.2) is 9.97 Å². The third-order valence-corrected chi connectivity index (χ3v) is 5.11. The Morgan fingerprint density at radius 3 is 2.72 bits per heavy atom. The summed E-state index contributed by atoms with van der Waals surface area (Å²) in [5.74, 6) is 0.839. The molecule has 6 heteroatoms. The molecule has 0 unspecified atom stereocenters. The number of benzene rings is 2. The standard InChI is InChI=1S/C19H19IN4O/c1-13-10-15(24-6-8-25-9-7-24)3-5-17(13)23-19-16-11-14(20)2-4-18(16)21-12-22-19/h2-5,10-12H,6-9H2,1H3,(H,21,22,23). The molecule has 1 saturated heterocycles. The zero-order chi connectivity index (χ0) is 17.2. The van der Waals surface area contributed by atoms with E-state index in [9.17, 15) is 0 Å². The van der Waals surface area contributed by atoms with Gasteiger partial charge in [-0.2, -0.15) is 0 Å². The molecule has 3 aromatic rings. The third-order valence-electron chi connectivity index (χ3n) is 4.44. The van der Waals surface area contributed by atoms with E-state index in [4.69, 9.17) is 4.74 Å². The Hall–Kier alpha value is -1.93. The average Bonchev–Trinajstić information content (AvgIpc) is 2.64. The van der Waals surface area contributed by atoms with Gasteiger partial charge in [0.15, 0.2) is 0 Å². The number of hydrogen-bond donors (Lipinski definition) is 1. The number of fused-ring (bicyclic) bond motifs is 1. The van der Waals surface area contributed by atoms with Crippen molar-refractivity contribution in [3.63, 3.8) is 0 Å². The molecule has 128 valence electrons. The molecule has 0 spiro atoms. The van der Waals surface area contributed by atoms with Crippen molar-refractivity contribution >= 4 is 50.7 Å². The summed E-state index contributed by atoms with van der Waals surface area (Å²) in [6.45, 7) is 5.61. The lowest BCUT2D eigenvalue weighted by Gasteiger charge is -2.29. The Labute approximate surface area is 160 Å². The Bertz CT molecular complexity index is 909. The topological polar surface area (TPSA) is 50.3 Å². The number of ether oxygens (including phenoxy) is 1. The molecular formula is C19H19IN4O. The van der Waals surface area contributed by atoms with Crippen LogP contribution < -0.4 is 10.2 Å². The molecule has 1 aromatic heterocycles. The highest BCUT2D eigenvalue weighted by atomic mass is 127. The molecule has 1 N–H and O–H groups in total. The third kappa shape index (κ3) is 3.55. The number of halogens is 1. The number of anilines is 3. The number of hydrogen-bond acceptors (Lipinski definition) is 5. The van der Waals surface area contributed by atoms with Gasteiger partial charge < -0.3 is 15.0 Å². The van der Waals surface area contributed by atoms with Gasteiger partial charge in [0.25, 0.3) is 0 Å². The van der Waals surface area contributed by atoms with Gasteiger partial charge in [-0.1, -0.05) is 0 Å². The molecule has 0 saturated carbocycles. The van der Waals surface area contributed by atoms with Crippen LogP contribution in [0.2, 0.25) is 0 Å². The van der Waals surface area contributed by atoms with Crippen molar-refractivity contribution in [2.45, 2.75) is 6.92 Å². The highest BCUT2D eigenvalue weighted by molar-refractivity contribution is 14.1. The number of aromatic nitrogens is 2. The molecule has 0 radical (unpaired) electrons. The van der Waals surface area contributed by atoms with Gasteiger partial charge in [-0.15, -0.1) is 0 Å². The van der Waals surface area contributed by atoms with E-state index in [0.29, 0.717) is 0 Å². The van der Waals surface area contributed by atoms with Crippen molar-refractivity contribution in [1.82, 2.24) is 9.97 Å². The van der Waals surface area contributed by atoms with E-state index in [1.54, 1.807) is 6.33 Å². The highest BCUT2D eigenvalue weighted by Crippen LogP contribution is 2.28. The number of morpholine rings is 1. The number of nitrogens with zero attached hydrogens (tertiary/aromatic N) is 3. The monoisotopic (exact) mass is 446 g/mol. The summed E-state index contributed by atoms with van der Waals surface area (Å²) in [7, 11) is 0. The Morgan fingerprint density at radius 1 is 1.08 bits per heavy atom. The van der Waals surface area contributed by atoms with Gasteiger partial charge in [0, 0.05) is 33.4 Å². The summed E-state index contributed by atoms with van der Waals surface area (Å²) < 4.78 is 6.60. The fourth-order valence-electron chi connectivity index (χ4n) is 3.06. The molecule has 2 aromatic carbocycles. The second-order valence-electron chi connectivity index (χ2n) is 6.11. The predicted octanol–water partition coefficient (Wildman–Crippen LogP) is 4.12. The maximum atomic E-state index is 5.44. The molecule has 25 heavy (non-hydrogen) atoms. The minimum Gasteiger partial charge on any atom is -0.378 e. The number of nitrogens with one attached hydrogen (secondary N) is 1. The molecule has 0 atom stereocenters. The predicted molar refractivity (Wildman–Crippen MR) is 110 cm³/mol. The smallest absolute Gasteiger partial charge is 0.141 e. The van der Waals surface area contributed by atoms with Crippen LogP contribution in [0.15, 0.2) is 42.7 Å². The molecule has 5 nitrogen and oxygen atoms in total. The number of rotatable bonds is 3. The van der Waals surface area contributed by atoms with E-state index in [0.717, 1.165) is 48.7 Å². The molecule has 1 fully saturated rings. The second kappa shape index (κ2) is 7.13. The van der Waals surface area contributed by atoms with Crippen LogP contribution in [0.3, 0.4) is 0 Å². The number of aryl methyl sites for hydroxylation is 1. The molecule has 0 aliphatic carbocycles. The average molecular weight is 446 g/mol. The highest BCUT2D eigenvalue weighted by Gasteiger charge is 2.13. The van der Waals surface area contributed by atoms with Gasteiger partial charge in [0.1, 0.15) is 12.1 Å². The second-order valence-corrected chi connectivity index (χ2v) is 7.35. The molecular weight excluding hydrogens is 427 g/mol. The molecule has 0 amide bonds. The SMILES string of the molecule is Cc1cc(N2CCOCC2)ccc1Nc1ncnc2ccc(I)cc12. The Balaban J connectivity index is 1.64. The Kier molecular flexibility index (Phi) is 4.72. The van der Waals surface area contributed by atoms with Gasteiger partial charge in [-0.3, -0.25) is 0 Å². The summed E-state index contributed by atoms with van der Waals surface area (Å²) >= 11 is 2.31. The first-order chi connectivity index (χ1) is 12.2. The maximum absolute atomic E-state index is 5.44. The minimum absolute atomic E-state index is 0.796. The normalized spacial score (nSPS) is 14.7. The quantitative estimate of drug-likeness (QED) is 0.614. The van der Waals surface area contributed by atoms with Crippen LogP contribution in [0.1, 0.15) is 5.56 Å². The lowest BCUT2D eigenvalue weighted by molar-refractivity contribution is 0.122. The van der Waals surface area contributed by atoms with Crippen molar-refractivity contribution in [2.75, 3.05) is 36.5 Å². The zero-order valence-electron chi connectivity index (χ0n) is 14.0. The molecule has 1 aliphatic heterocycles. The fraction of sp³-hybridized carbons (Fsp3) is 0.263. The van der Waals surface area contributed by atoms with E-state index < -0.39 is 0 Å². The molecule has 2 heterocycles. The van der Waals surface area contributed by atoms with Crippen molar-refractivity contribution in [3.05, 3.63) is 51.9 Å². The summed E-state index contributed by atoms with van der Waals surface area (Å²) in [5.41, 5.74) is 4.45. The van der Waals surface area contributed by atoms with Crippen LogP contribution >= 0.6 is 22.6 Å². The van der Waals surface area contributed by atoms with E-state index in [-0.39, 0.29) is 0 Å². The fourth-order valence-corrected chi connectivity index (χ4v) is 3.55. The minimum atomic E-state index is 0.796. The summed E-state index contributed by atoms with van der Waals surface area (Å²) in [6, 6.07) is 12.7. The van der Waals surface area contributed by atoms with E-state index >= 15 is 0 Å². The molecule has 4 rings (SSSR count). The molecule has 0 bridgehead atoms.